The minimum Gasteiger partial charge on any atom is -0.277 e. The number of nitrogens with one attached hydrogen (secondary N) is 1. The van der Waals surface area contributed by atoms with Crippen LogP contribution in [0.25, 0.3) is 0 Å². The number of benzene rings is 1. The fourth-order valence-corrected chi connectivity index (χ4v) is 3.10. The lowest BCUT2D eigenvalue weighted by atomic mass is 10.3. The van der Waals surface area contributed by atoms with Crippen molar-refractivity contribution in [2.24, 2.45) is 0 Å². The average Bonchev–Trinajstić information content (AvgIpc) is 2.32. The Bertz CT molecular complexity index is 676. The molecule has 0 unspecified atom stereocenters. The summed E-state index contributed by atoms with van der Waals surface area (Å²) in [5.74, 6) is -0.879. The first-order valence-corrected chi connectivity index (χ1v) is 7.45. The molecule has 0 saturated carbocycles. The second kappa shape index (κ2) is 5.19. The number of para-hydroxylation sites is 1. The average molecular weight is 378 g/mol. The smallest absolute Gasteiger partial charge is 0.277 e. The molecule has 0 radical (unpaired) electrons. The van der Waals surface area contributed by atoms with Gasteiger partial charge in [0.05, 0.1) is 5.69 Å². The summed E-state index contributed by atoms with van der Waals surface area (Å²) in [6, 6.07) is 9.20. The van der Waals surface area contributed by atoms with Crippen molar-refractivity contribution in [2.75, 3.05) is 4.72 Å². The highest BCUT2D eigenvalue weighted by Gasteiger charge is 2.21. The first-order valence-electron chi connectivity index (χ1n) is 4.88. The Kier molecular flexibility index (Phi) is 3.81. The Morgan fingerprint density at radius 3 is 2.56 bits per heavy atom. The van der Waals surface area contributed by atoms with Gasteiger partial charge < -0.3 is 0 Å². The maximum Gasteiger partial charge on any atom is 0.282 e. The first kappa shape index (κ1) is 13.2. The third-order valence-corrected chi connectivity index (χ3v) is 4.34. The highest BCUT2D eigenvalue weighted by Crippen LogP contribution is 2.21. The van der Waals surface area contributed by atoms with Gasteiger partial charge in [-0.05, 0) is 46.9 Å². The van der Waals surface area contributed by atoms with E-state index in [1.165, 1.54) is 12.3 Å². The van der Waals surface area contributed by atoms with Crippen molar-refractivity contribution in [1.82, 2.24) is 4.98 Å². The summed E-state index contributed by atoms with van der Waals surface area (Å²) in [7, 11) is -4.01. The van der Waals surface area contributed by atoms with Crippen LogP contribution in [0.3, 0.4) is 0 Å². The Hall–Kier alpha value is -1.22. The highest BCUT2D eigenvalue weighted by atomic mass is 127. The van der Waals surface area contributed by atoms with Crippen LogP contribution in [0.4, 0.5) is 10.1 Å². The summed E-state index contributed by atoms with van der Waals surface area (Å²) in [5.41, 5.74) is 0.392. The Morgan fingerprint density at radius 1 is 1.17 bits per heavy atom. The molecule has 0 atom stereocenters. The van der Waals surface area contributed by atoms with Crippen LogP contribution in [0.1, 0.15) is 0 Å². The van der Waals surface area contributed by atoms with Gasteiger partial charge in [0.25, 0.3) is 10.0 Å². The van der Waals surface area contributed by atoms with Gasteiger partial charge in [0, 0.05) is 9.77 Å². The number of anilines is 1. The van der Waals surface area contributed by atoms with Gasteiger partial charge in [-0.15, -0.1) is 0 Å². The van der Waals surface area contributed by atoms with Crippen molar-refractivity contribution < 1.29 is 12.8 Å². The maximum atomic E-state index is 13.4. The maximum absolute atomic E-state index is 13.4. The Balaban J connectivity index is 2.40. The number of halogens is 2. The lowest BCUT2D eigenvalue weighted by Crippen LogP contribution is -2.16. The summed E-state index contributed by atoms with van der Waals surface area (Å²) in [5, 5.41) is -0.607. The second-order valence-corrected chi connectivity index (χ2v) is 6.14. The fraction of sp³-hybridized carbons (Fsp3) is 0. The van der Waals surface area contributed by atoms with Crippen LogP contribution in [0.15, 0.2) is 47.6 Å². The van der Waals surface area contributed by atoms with E-state index >= 15 is 0 Å². The van der Waals surface area contributed by atoms with Crippen LogP contribution < -0.4 is 4.72 Å². The predicted octanol–water partition coefficient (Wildman–Crippen LogP) is 2.63. The molecule has 1 aromatic heterocycles. The number of aromatic nitrogens is 1. The molecule has 0 fully saturated rings. The van der Waals surface area contributed by atoms with Crippen molar-refractivity contribution in [3.63, 3.8) is 0 Å². The van der Waals surface area contributed by atoms with Gasteiger partial charge in [-0.2, -0.15) is 8.42 Å². The molecule has 0 aliphatic rings. The second-order valence-electron chi connectivity index (χ2n) is 3.38. The molecule has 2 aromatic rings. The number of nitrogens with zero attached hydrogens (tertiary/aromatic N) is 1. The van der Waals surface area contributed by atoms with Gasteiger partial charge in [-0.1, -0.05) is 12.1 Å². The quantitative estimate of drug-likeness (QED) is 0.836. The van der Waals surface area contributed by atoms with E-state index in [0.717, 1.165) is 9.64 Å². The van der Waals surface area contributed by atoms with Crippen LogP contribution in [-0.2, 0) is 10.0 Å². The Morgan fingerprint density at radius 2 is 1.89 bits per heavy atom. The number of rotatable bonds is 3. The van der Waals surface area contributed by atoms with Gasteiger partial charge in [0.15, 0.2) is 5.82 Å². The monoisotopic (exact) mass is 378 g/mol. The first-order chi connectivity index (χ1) is 8.50. The molecule has 1 heterocycles. The van der Waals surface area contributed by atoms with Gasteiger partial charge in [0.1, 0.15) is 0 Å². The number of hydrogen-bond acceptors (Lipinski definition) is 3. The van der Waals surface area contributed by atoms with Crippen molar-refractivity contribution in [3.8, 4) is 0 Å². The van der Waals surface area contributed by atoms with E-state index in [0.29, 0.717) is 5.69 Å². The zero-order chi connectivity index (χ0) is 13.2. The lowest BCUT2D eigenvalue weighted by molar-refractivity contribution is 0.557. The topological polar surface area (TPSA) is 59.1 Å². The molecule has 1 aromatic carbocycles. The molecule has 0 saturated heterocycles. The molecule has 0 amide bonds. The molecule has 4 nitrogen and oxygen atoms in total. The van der Waals surface area contributed by atoms with Crippen molar-refractivity contribution in [3.05, 3.63) is 52.0 Å². The van der Waals surface area contributed by atoms with Gasteiger partial charge >= 0.3 is 0 Å². The summed E-state index contributed by atoms with van der Waals surface area (Å²) in [6.07, 6.45) is 1.23. The third-order valence-electron chi connectivity index (χ3n) is 2.10. The van der Waals surface area contributed by atoms with E-state index in [2.05, 4.69) is 9.71 Å². The fourth-order valence-electron chi connectivity index (χ4n) is 1.31. The van der Waals surface area contributed by atoms with Crippen LogP contribution >= 0.6 is 22.6 Å². The molecule has 94 valence electrons. The van der Waals surface area contributed by atoms with Gasteiger partial charge in [0.2, 0.25) is 5.03 Å². The predicted molar refractivity (Wildman–Crippen MR) is 74.2 cm³/mol. The molecular formula is C11H8FIN2O2S. The van der Waals surface area contributed by atoms with Crippen LogP contribution in [-0.4, -0.2) is 13.4 Å². The van der Waals surface area contributed by atoms with E-state index in [9.17, 15) is 12.8 Å². The molecule has 7 heteroatoms. The normalized spacial score (nSPS) is 11.2. The molecule has 1 N–H and O–H groups in total. The van der Waals surface area contributed by atoms with Crippen molar-refractivity contribution in [2.45, 2.75) is 5.03 Å². The molecule has 0 aliphatic carbocycles. The number of pyridine rings is 1. The summed E-state index contributed by atoms with van der Waals surface area (Å²) >= 11 is 1.99. The Labute approximate surface area is 117 Å². The minimum absolute atomic E-state index is 0.392. The lowest BCUT2D eigenvalue weighted by Gasteiger charge is -2.09. The molecular weight excluding hydrogens is 370 g/mol. The van der Waals surface area contributed by atoms with E-state index in [1.54, 1.807) is 24.3 Å². The van der Waals surface area contributed by atoms with Gasteiger partial charge in [-0.25, -0.2) is 9.37 Å². The van der Waals surface area contributed by atoms with Gasteiger partial charge in [-0.3, -0.25) is 4.72 Å². The van der Waals surface area contributed by atoms with E-state index in [4.69, 9.17) is 0 Å². The zero-order valence-electron chi connectivity index (χ0n) is 8.97. The number of hydrogen-bond donors (Lipinski definition) is 1. The summed E-state index contributed by atoms with van der Waals surface area (Å²) < 4.78 is 40.3. The third kappa shape index (κ3) is 2.78. The van der Waals surface area contributed by atoms with Crippen molar-refractivity contribution in [1.29, 1.82) is 0 Å². The van der Waals surface area contributed by atoms with E-state index in [-0.39, 0.29) is 0 Å². The molecule has 0 bridgehead atoms. The zero-order valence-corrected chi connectivity index (χ0v) is 11.9. The van der Waals surface area contributed by atoms with Crippen LogP contribution in [0, 0.1) is 9.39 Å². The number of sulfonamides is 1. The molecule has 0 aliphatic heterocycles. The standard InChI is InChI=1S/C11H8FIN2O2S/c12-8-4-3-7-14-11(8)18(16,17)15-10-6-2-1-5-9(10)13/h1-7,15H. The molecule has 2 rings (SSSR count). The van der Waals surface area contributed by atoms with E-state index < -0.39 is 20.9 Å². The molecule has 18 heavy (non-hydrogen) atoms. The van der Waals surface area contributed by atoms with Crippen LogP contribution in [0.5, 0.6) is 0 Å². The highest BCUT2D eigenvalue weighted by molar-refractivity contribution is 14.1. The van der Waals surface area contributed by atoms with E-state index in [1.807, 2.05) is 22.6 Å². The summed E-state index contributed by atoms with van der Waals surface area (Å²) in [6.45, 7) is 0. The largest absolute Gasteiger partial charge is 0.282 e. The summed E-state index contributed by atoms with van der Waals surface area (Å²) in [4.78, 5) is 3.55. The SMILES string of the molecule is O=S(=O)(Nc1ccccc1I)c1ncccc1F. The molecule has 0 spiro atoms. The van der Waals surface area contributed by atoms with Crippen LogP contribution in [0.2, 0.25) is 0 Å². The van der Waals surface area contributed by atoms with Crippen molar-refractivity contribution >= 4 is 38.3 Å². The minimum atomic E-state index is -4.01.